The van der Waals surface area contributed by atoms with Gasteiger partial charge in [0.15, 0.2) is 11.5 Å². The molecule has 0 bridgehead atoms. The number of benzene rings is 2. The normalized spacial score (nSPS) is 11.7. The zero-order valence-corrected chi connectivity index (χ0v) is 15.6. The molecule has 2 heterocycles. The van der Waals surface area contributed by atoms with E-state index in [0.29, 0.717) is 17.2 Å². The SMILES string of the molecule is [C-]#[N+]c1ccc2c(ccn2Cc2noc(-c3cccc(Br)c3)n2)c1C(F)(F)F. The molecule has 0 unspecified atom stereocenters. The maximum Gasteiger partial charge on any atom is 0.408 e. The third kappa shape index (κ3) is 3.27. The number of hydrogen-bond acceptors (Lipinski definition) is 3. The van der Waals surface area contributed by atoms with Crippen molar-refractivity contribution in [3.8, 4) is 11.5 Å². The van der Waals surface area contributed by atoms with E-state index in [-0.39, 0.29) is 11.9 Å². The van der Waals surface area contributed by atoms with Crippen LogP contribution >= 0.6 is 15.9 Å². The number of hydrogen-bond donors (Lipinski definition) is 0. The van der Waals surface area contributed by atoms with Crippen molar-refractivity contribution >= 4 is 32.5 Å². The zero-order valence-electron chi connectivity index (χ0n) is 14.0. The van der Waals surface area contributed by atoms with Gasteiger partial charge < -0.3 is 9.09 Å². The molecule has 0 saturated carbocycles. The second kappa shape index (κ2) is 6.80. The van der Waals surface area contributed by atoms with Crippen molar-refractivity contribution in [2.45, 2.75) is 12.7 Å². The van der Waals surface area contributed by atoms with E-state index in [0.717, 1.165) is 10.0 Å². The first-order chi connectivity index (χ1) is 13.4. The predicted octanol–water partition coefficient (Wildman–Crippen LogP) is 6.07. The van der Waals surface area contributed by atoms with Crippen LogP contribution in [0.15, 0.2) is 57.7 Å². The number of fused-ring (bicyclic) bond motifs is 1. The minimum atomic E-state index is -4.62. The van der Waals surface area contributed by atoms with E-state index in [1.165, 1.54) is 24.4 Å². The van der Waals surface area contributed by atoms with Crippen molar-refractivity contribution in [2.75, 3.05) is 0 Å². The highest BCUT2D eigenvalue weighted by Crippen LogP contribution is 2.41. The van der Waals surface area contributed by atoms with Gasteiger partial charge in [-0.2, -0.15) is 18.2 Å². The first kappa shape index (κ1) is 18.3. The highest BCUT2D eigenvalue weighted by molar-refractivity contribution is 9.10. The molecule has 0 spiro atoms. The van der Waals surface area contributed by atoms with Gasteiger partial charge in [-0.1, -0.05) is 33.2 Å². The molecular weight excluding hydrogens is 437 g/mol. The molecule has 4 aromatic rings. The first-order valence-corrected chi connectivity index (χ1v) is 8.81. The Bertz CT molecular complexity index is 1220. The van der Waals surface area contributed by atoms with Crippen molar-refractivity contribution in [1.82, 2.24) is 14.7 Å². The van der Waals surface area contributed by atoms with Gasteiger partial charge in [0.2, 0.25) is 0 Å². The third-order valence-corrected chi connectivity index (χ3v) is 4.68. The summed E-state index contributed by atoms with van der Waals surface area (Å²) in [7, 11) is 0. The highest BCUT2D eigenvalue weighted by atomic mass is 79.9. The molecule has 0 aliphatic carbocycles. The van der Waals surface area contributed by atoms with Crippen molar-refractivity contribution in [3.63, 3.8) is 0 Å². The van der Waals surface area contributed by atoms with Crippen LogP contribution in [0, 0.1) is 6.57 Å². The van der Waals surface area contributed by atoms with Crippen LogP contribution in [-0.4, -0.2) is 14.7 Å². The Balaban J connectivity index is 1.71. The van der Waals surface area contributed by atoms with Gasteiger partial charge in [-0.3, -0.25) is 0 Å². The van der Waals surface area contributed by atoms with Gasteiger partial charge in [-0.15, -0.1) is 0 Å². The molecule has 0 aliphatic rings. The van der Waals surface area contributed by atoms with Gasteiger partial charge in [-0.25, -0.2) is 4.85 Å². The smallest absolute Gasteiger partial charge is 0.340 e. The van der Waals surface area contributed by atoms with Crippen molar-refractivity contribution in [2.24, 2.45) is 0 Å². The zero-order chi connectivity index (χ0) is 19.9. The standard InChI is InChI=1S/C19H10BrF3N4O/c1-24-14-5-6-15-13(17(14)19(21,22)23)7-8-27(15)10-16-25-18(28-26-16)11-3-2-4-12(20)9-11/h2-9H,10H2. The van der Waals surface area contributed by atoms with E-state index in [2.05, 4.69) is 30.9 Å². The Hall–Kier alpha value is -3.12. The van der Waals surface area contributed by atoms with Crippen LogP contribution in [0.5, 0.6) is 0 Å². The fraction of sp³-hybridized carbons (Fsp3) is 0.105. The molecule has 0 fully saturated rings. The van der Waals surface area contributed by atoms with E-state index in [1.54, 1.807) is 4.57 Å². The van der Waals surface area contributed by atoms with Crippen LogP contribution in [0.2, 0.25) is 0 Å². The Morgan fingerprint density at radius 3 is 2.71 bits per heavy atom. The van der Waals surface area contributed by atoms with Gasteiger partial charge in [-0.05, 0) is 30.3 Å². The second-order valence-electron chi connectivity index (χ2n) is 5.97. The Morgan fingerprint density at radius 2 is 2.00 bits per heavy atom. The summed E-state index contributed by atoms with van der Waals surface area (Å²) >= 11 is 3.37. The summed E-state index contributed by atoms with van der Waals surface area (Å²) < 4.78 is 48.0. The van der Waals surface area contributed by atoms with E-state index < -0.39 is 17.4 Å². The monoisotopic (exact) mass is 446 g/mol. The van der Waals surface area contributed by atoms with E-state index in [4.69, 9.17) is 11.1 Å². The minimum absolute atomic E-state index is 0.0308. The van der Waals surface area contributed by atoms with E-state index >= 15 is 0 Å². The lowest BCUT2D eigenvalue weighted by atomic mass is 10.1. The average Bonchev–Trinajstić information content (AvgIpc) is 3.28. The Kier molecular flexibility index (Phi) is 4.43. The number of alkyl halides is 3. The van der Waals surface area contributed by atoms with Crippen molar-refractivity contribution < 1.29 is 17.7 Å². The summed E-state index contributed by atoms with van der Waals surface area (Å²) in [4.78, 5) is 7.32. The molecule has 0 aliphatic heterocycles. The summed E-state index contributed by atoms with van der Waals surface area (Å²) in [5, 5.41) is 3.89. The van der Waals surface area contributed by atoms with Gasteiger partial charge in [0.1, 0.15) is 0 Å². The number of halogens is 4. The molecule has 5 nitrogen and oxygen atoms in total. The largest absolute Gasteiger partial charge is 0.408 e. The molecule has 2 aromatic heterocycles. The lowest BCUT2D eigenvalue weighted by Crippen LogP contribution is -2.06. The summed E-state index contributed by atoms with van der Waals surface area (Å²) in [5.41, 5.74) is -0.281. The molecule has 2 aromatic carbocycles. The van der Waals surface area contributed by atoms with Crippen LogP contribution in [0.4, 0.5) is 18.9 Å². The molecule has 0 amide bonds. The van der Waals surface area contributed by atoms with Gasteiger partial charge >= 0.3 is 6.18 Å². The minimum Gasteiger partial charge on any atom is -0.340 e. The summed E-state index contributed by atoms with van der Waals surface area (Å²) in [5.74, 6) is 0.648. The van der Waals surface area contributed by atoms with E-state index in [9.17, 15) is 13.2 Å². The fourth-order valence-electron chi connectivity index (χ4n) is 3.00. The quantitative estimate of drug-likeness (QED) is 0.358. The summed E-state index contributed by atoms with van der Waals surface area (Å²) in [6.45, 7) is 7.14. The number of aromatic nitrogens is 3. The van der Waals surface area contributed by atoms with Gasteiger partial charge in [0, 0.05) is 27.1 Å². The molecule has 140 valence electrons. The Labute approximate surface area is 165 Å². The van der Waals surface area contributed by atoms with Gasteiger partial charge in [0.25, 0.3) is 5.89 Å². The molecule has 0 radical (unpaired) electrons. The van der Waals surface area contributed by atoms with Crippen molar-refractivity contribution in [1.29, 1.82) is 0 Å². The molecule has 0 N–H and O–H groups in total. The van der Waals surface area contributed by atoms with Crippen LogP contribution in [0.1, 0.15) is 11.4 Å². The molecule has 0 saturated heterocycles. The van der Waals surface area contributed by atoms with Crippen LogP contribution in [-0.2, 0) is 12.7 Å². The highest BCUT2D eigenvalue weighted by Gasteiger charge is 2.36. The third-order valence-electron chi connectivity index (χ3n) is 4.19. The molecular formula is C19H10BrF3N4O. The fourth-order valence-corrected chi connectivity index (χ4v) is 3.40. The van der Waals surface area contributed by atoms with Crippen LogP contribution in [0.25, 0.3) is 27.2 Å². The first-order valence-electron chi connectivity index (χ1n) is 8.02. The van der Waals surface area contributed by atoms with Gasteiger partial charge in [0.05, 0.1) is 18.7 Å². The summed E-state index contributed by atoms with van der Waals surface area (Å²) in [6.07, 6.45) is -3.10. The van der Waals surface area contributed by atoms with Crippen molar-refractivity contribution in [3.05, 3.63) is 75.9 Å². The van der Waals surface area contributed by atoms with Crippen LogP contribution in [0.3, 0.4) is 0 Å². The van der Waals surface area contributed by atoms with Crippen LogP contribution < -0.4 is 0 Å². The topological polar surface area (TPSA) is 48.2 Å². The molecule has 4 rings (SSSR count). The number of rotatable bonds is 3. The predicted molar refractivity (Wildman–Crippen MR) is 99.7 cm³/mol. The second-order valence-corrected chi connectivity index (χ2v) is 6.89. The Morgan fingerprint density at radius 1 is 1.18 bits per heavy atom. The average molecular weight is 447 g/mol. The molecule has 0 atom stereocenters. The maximum atomic E-state index is 13.4. The molecule has 28 heavy (non-hydrogen) atoms. The van der Waals surface area contributed by atoms with E-state index in [1.807, 2.05) is 24.3 Å². The molecule has 9 heteroatoms. The lowest BCUT2D eigenvalue weighted by Gasteiger charge is -2.11. The maximum absolute atomic E-state index is 13.4. The number of nitrogens with zero attached hydrogens (tertiary/aromatic N) is 4. The lowest BCUT2D eigenvalue weighted by molar-refractivity contribution is -0.135. The summed E-state index contributed by atoms with van der Waals surface area (Å²) in [6, 6.07) is 11.4.